The number of benzene rings is 2. The number of anilines is 2. The van der Waals surface area contributed by atoms with E-state index in [-0.39, 0.29) is 11.1 Å². The van der Waals surface area contributed by atoms with Crippen molar-refractivity contribution in [2.24, 2.45) is 0 Å². The van der Waals surface area contributed by atoms with Gasteiger partial charge in [-0.25, -0.2) is 0 Å². The lowest BCUT2D eigenvalue weighted by molar-refractivity contribution is -0.112. The van der Waals surface area contributed by atoms with Crippen LogP contribution in [0.1, 0.15) is 58.1 Å². The minimum atomic E-state index is -0.512. The molecule has 1 atom stereocenters. The zero-order chi connectivity index (χ0) is 22.9. The maximum atomic E-state index is 12.7. The van der Waals surface area contributed by atoms with E-state index >= 15 is 0 Å². The predicted octanol–water partition coefficient (Wildman–Crippen LogP) is 7.04. The van der Waals surface area contributed by atoms with Crippen LogP contribution >= 0.6 is 23.2 Å². The molecule has 1 aliphatic rings. The Morgan fingerprint density at radius 3 is 2.58 bits per heavy atom. The van der Waals surface area contributed by atoms with Crippen LogP contribution in [0.4, 0.5) is 11.4 Å². The van der Waals surface area contributed by atoms with E-state index in [2.05, 4.69) is 57.0 Å². The predicted molar refractivity (Wildman–Crippen MR) is 130 cm³/mol. The minimum absolute atomic E-state index is 0.00970. The summed E-state index contributed by atoms with van der Waals surface area (Å²) in [5.74, 6) is -0.136. The average Bonchev–Trinajstić information content (AvgIpc) is 2.67. The van der Waals surface area contributed by atoms with Crippen LogP contribution in [0.25, 0.3) is 6.08 Å². The zero-order valence-corrected chi connectivity index (χ0v) is 20.0. The summed E-state index contributed by atoms with van der Waals surface area (Å²) >= 11 is 12.0. The summed E-state index contributed by atoms with van der Waals surface area (Å²) in [4.78, 5) is 15.1. The molecule has 0 aliphatic carbocycles. The van der Waals surface area contributed by atoms with Crippen LogP contribution in [-0.2, 0) is 4.79 Å². The van der Waals surface area contributed by atoms with E-state index in [0.29, 0.717) is 27.7 Å². The quantitative estimate of drug-likeness (QED) is 0.397. The molecule has 0 radical (unpaired) electrons. The van der Waals surface area contributed by atoms with Crippen LogP contribution in [0.15, 0.2) is 42.0 Å². The lowest BCUT2D eigenvalue weighted by atomic mass is 9.79. The Bertz CT molecular complexity index is 1080. The fraction of sp³-hybridized carbons (Fsp3) is 0.360. The van der Waals surface area contributed by atoms with Gasteiger partial charge in [-0.3, -0.25) is 4.79 Å². The van der Waals surface area contributed by atoms with Crippen molar-refractivity contribution in [3.8, 4) is 6.07 Å². The van der Waals surface area contributed by atoms with Gasteiger partial charge in [0.25, 0.3) is 5.91 Å². The van der Waals surface area contributed by atoms with Crippen LogP contribution in [0.3, 0.4) is 0 Å². The number of rotatable bonds is 4. The van der Waals surface area contributed by atoms with Gasteiger partial charge in [-0.15, -0.1) is 0 Å². The first kappa shape index (κ1) is 23.2. The molecular weight excluding hydrogens is 429 g/mol. The van der Waals surface area contributed by atoms with E-state index < -0.39 is 5.91 Å². The monoisotopic (exact) mass is 455 g/mol. The van der Waals surface area contributed by atoms with Gasteiger partial charge in [0.2, 0.25) is 0 Å². The fourth-order valence-corrected chi connectivity index (χ4v) is 5.09. The Morgan fingerprint density at radius 1 is 1.26 bits per heavy atom. The number of halogens is 2. The maximum absolute atomic E-state index is 12.7. The lowest BCUT2D eigenvalue weighted by Crippen LogP contribution is -2.51. The van der Waals surface area contributed by atoms with E-state index in [1.807, 2.05) is 12.1 Å². The molecule has 0 saturated carbocycles. The topological polar surface area (TPSA) is 56.1 Å². The van der Waals surface area contributed by atoms with Gasteiger partial charge in [-0.05, 0) is 87.6 Å². The highest BCUT2D eigenvalue weighted by atomic mass is 35.5. The molecule has 0 aromatic heterocycles. The number of hydrogen-bond acceptors (Lipinski definition) is 3. The van der Waals surface area contributed by atoms with E-state index in [1.165, 1.54) is 11.3 Å². The summed E-state index contributed by atoms with van der Waals surface area (Å²) < 4.78 is 0. The van der Waals surface area contributed by atoms with Crippen LogP contribution in [0.2, 0.25) is 10.0 Å². The summed E-state index contributed by atoms with van der Waals surface area (Å²) in [6, 6.07) is 13.3. The van der Waals surface area contributed by atoms with E-state index in [0.717, 1.165) is 12.0 Å². The SMILES string of the molecule is CC1CC(C)(C)N(C(C)C)c2ccc(/C=C(/C#N)C(=O)Nc3ccc(Cl)cc3Cl)cc21. The molecule has 162 valence electrons. The number of nitrogens with one attached hydrogen (secondary N) is 1. The van der Waals surface area contributed by atoms with E-state index in [9.17, 15) is 10.1 Å². The lowest BCUT2D eigenvalue weighted by Gasteiger charge is -2.50. The second-order valence-electron chi connectivity index (χ2n) is 8.95. The molecule has 1 N–H and O–H groups in total. The van der Waals surface area contributed by atoms with E-state index in [4.69, 9.17) is 23.2 Å². The van der Waals surface area contributed by atoms with Crippen molar-refractivity contribution in [1.82, 2.24) is 0 Å². The van der Waals surface area contributed by atoms with Gasteiger partial charge in [0.1, 0.15) is 11.6 Å². The Hall–Kier alpha value is -2.48. The third-order valence-electron chi connectivity index (χ3n) is 5.67. The normalized spacial score (nSPS) is 17.8. The summed E-state index contributed by atoms with van der Waals surface area (Å²) in [5, 5.41) is 13.1. The Labute approximate surface area is 194 Å². The highest BCUT2D eigenvalue weighted by Gasteiger charge is 2.37. The highest BCUT2D eigenvalue weighted by Crippen LogP contribution is 2.44. The van der Waals surface area contributed by atoms with Crippen molar-refractivity contribution < 1.29 is 4.79 Å². The van der Waals surface area contributed by atoms with Crippen molar-refractivity contribution in [3.63, 3.8) is 0 Å². The van der Waals surface area contributed by atoms with Crippen molar-refractivity contribution in [2.45, 2.75) is 58.5 Å². The van der Waals surface area contributed by atoms with Gasteiger partial charge in [-0.2, -0.15) is 5.26 Å². The fourth-order valence-electron chi connectivity index (χ4n) is 4.63. The van der Waals surface area contributed by atoms with Crippen LogP contribution in [0.5, 0.6) is 0 Å². The van der Waals surface area contributed by atoms with Crippen molar-refractivity contribution >= 4 is 46.6 Å². The zero-order valence-electron chi connectivity index (χ0n) is 18.5. The van der Waals surface area contributed by atoms with Crippen LogP contribution in [-0.4, -0.2) is 17.5 Å². The van der Waals surface area contributed by atoms with Crippen molar-refractivity contribution in [1.29, 1.82) is 5.26 Å². The van der Waals surface area contributed by atoms with Crippen LogP contribution in [0, 0.1) is 11.3 Å². The summed E-state index contributed by atoms with van der Waals surface area (Å²) in [5.41, 5.74) is 3.75. The molecular formula is C25H27Cl2N3O. The molecule has 0 bridgehead atoms. The maximum Gasteiger partial charge on any atom is 0.266 e. The minimum Gasteiger partial charge on any atom is -0.364 e. The second kappa shape index (κ2) is 8.94. The third kappa shape index (κ3) is 4.89. The number of carbonyl (C=O) groups is 1. The van der Waals surface area contributed by atoms with Gasteiger partial charge in [-0.1, -0.05) is 36.2 Å². The van der Waals surface area contributed by atoms with Gasteiger partial charge in [0.15, 0.2) is 0 Å². The Morgan fingerprint density at radius 2 is 1.97 bits per heavy atom. The molecule has 4 nitrogen and oxygen atoms in total. The molecule has 2 aromatic carbocycles. The molecule has 0 spiro atoms. The number of nitriles is 1. The number of hydrogen-bond donors (Lipinski definition) is 1. The van der Waals surface area contributed by atoms with E-state index in [1.54, 1.807) is 24.3 Å². The molecule has 0 fully saturated rings. The highest BCUT2D eigenvalue weighted by molar-refractivity contribution is 6.36. The van der Waals surface area contributed by atoms with Crippen molar-refractivity contribution in [2.75, 3.05) is 10.2 Å². The van der Waals surface area contributed by atoms with Gasteiger partial charge in [0, 0.05) is 22.3 Å². The molecule has 6 heteroatoms. The molecule has 31 heavy (non-hydrogen) atoms. The standard InChI is InChI=1S/C25H27Cl2N3O/c1-15(2)30-23-9-6-17(11-20(23)16(3)13-25(30,4)5)10-18(14-28)24(31)29-22-8-7-19(26)12-21(22)27/h6-12,15-16H,13H2,1-5H3,(H,29,31)/b18-10-. The number of nitrogens with zero attached hydrogens (tertiary/aromatic N) is 2. The van der Waals surface area contributed by atoms with Gasteiger partial charge in [0.05, 0.1) is 10.7 Å². The van der Waals surface area contributed by atoms with Gasteiger partial charge >= 0.3 is 0 Å². The molecule has 1 unspecified atom stereocenters. The molecule has 0 saturated heterocycles. The Balaban J connectivity index is 1.93. The first-order valence-corrected chi connectivity index (χ1v) is 11.1. The molecule has 1 heterocycles. The van der Waals surface area contributed by atoms with Gasteiger partial charge < -0.3 is 10.2 Å². The molecule has 1 aliphatic heterocycles. The largest absolute Gasteiger partial charge is 0.364 e. The summed E-state index contributed by atoms with van der Waals surface area (Å²) in [6.07, 6.45) is 2.65. The molecule has 3 rings (SSSR count). The van der Waals surface area contributed by atoms with Crippen molar-refractivity contribution in [3.05, 3.63) is 63.1 Å². The number of fused-ring (bicyclic) bond motifs is 1. The van der Waals surface area contributed by atoms with Crippen LogP contribution < -0.4 is 10.2 Å². The smallest absolute Gasteiger partial charge is 0.266 e. The first-order valence-electron chi connectivity index (χ1n) is 10.3. The first-order chi connectivity index (χ1) is 14.5. The average molecular weight is 456 g/mol. The molecule has 1 amide bonds. The summed E-state index contributed by atoms with van der Waals surface area (Å²) in [6.45, 7) is 11.2. The Kier molecular flexibility index (Phi) is 6.69. The second-order valence-corrected chi connectivity index (χ2v) is 9.79. The summed E-state index contributed by atoms with van der Waals surface area (Å²) in [7, 11) is 0. The number of amides is 1. The number of carbonyl (C=O) groups excluding carboxylic acids is 1. The molecule has 2 aromatic rings. The third-order valence-corrected chi connectivity index (χ3v) is 6.22.